The van der Waals surface area contributed by atoms with Crippen molar-refractivity contribution in [3.63, 3.8) is 0 Å². The molecule has 0 aliphatic heterocycles. The van der Waals surface area contributed by atoms with Crippen LogP contribution in [-0.2, 0) is 4.79 Å². The number of rotatable bonds is 5. The van der Waals surface area contributed by atoms with Crippen LogP contribution in [0.15, 0.2) is 35.5 Å². The predicted octanol–water partition coefficient (Wildman–Crippen LogP) is 2.57. The second-order valence-corrected chi connectivity index (χ2v) is 7.02. The maximum atomic E-state index is 12.2. The molecule has 1 atom stereocenters. The van der Waals surface area contributed by atoms with Crippen molar-refractivity contribution in [3.05, 3.63) is 41.7 Å². The molecule has 0 spiro atoms. The minimum Gasteiger partial charge on any atom is -0.480 e. The Bertz CT molecular complexity index is 828. The van der Waals surface area contributed by atoms with Crippen LogP contribution in [0.4, 0.5) is 0 Å². The molecular formula is C18H21N3O3S. The van der Waals surface area contributed by atoms with Gasteiger partial charge in [0.2, 0.25) is 0 Å². The van der Waals surface area contributed by atoms with Gasteiger partial charge in [0.25, 0.3) is 5.91 Å². The van der Waals surface area contributed by atoms with E-state index in [4.69, 9.17) is 5.11 Å². The van der Waals surface area contributed by atoms with E-state index in [2.05, 4.69) is 27.9 Å². The monoisotopic (exact) mass is 359 g/mol. The van der Waals surface area contributed by atoms with Gasteiger partial charge in [0, 0.05) is 23.6 Å². The second kappa shape index (κ2) is 7.65. The number of carbonyl (C=O) groups excluding carboxylic acids is 1. The molecule has 1 amide bonds. The van der Waals surface area contributed by atoms with Crippen LogP contribution in [0, 0.1) is 0 Å². The first kappa shape index (κ1) is 18.9. The van der Waals surface area contributed by atoms with Crippen molar-refractivity contribution in [1.29, 1.82) is 0 Å². The number of benzene rings is 1. The van der Waals surface area contributed by atoms with Crippen LogP contribution >= 0.6 is 12.6 Å². The van der Waals surface area contributed by atoms with E-state index in [0.717, 1.165) is 16.3 Å². The van der Waals surface area contributed by atoms with Gasteiger partial charge in [-0.15, -0.1) is 0 Å². The van der Waals surface area contributed by atoms with Crippen molar-refractivity contribution < 1.29 is 14.7 Å². The van der Waals surface area contributed by atoms with Gasteiger partial charge in [0.1, 0.15) is 11.7 Å². The molecule has 1 aromatic heterocycles. The highest BCUT2D eigenvalue weighted by Gasteiger charge is 2.19. The fourth-order valence-corrected chi connectivity index (χ4v) is 2.30. The van der Waals surface area contributed by atoms with Crippen molar-refractivity contribution in [3.8, 4) is 0 Å². The fourth-order valence-electron chi connectivity index (χ4n) is 2.05. The summed E-state index contributed by atoms with van der Waals surface area (Å²) in [6, 6.07) is 6.33. The van der Waals surface area contributed by atoms with Gasteiger partial charge in [-0.05, 0) is 43.9 Å². The SMILES string of the molecule is CC(C)(C)/N=C\c1ccc2cnc(C(=O)NC(CS)C(=O)O)cc2c1. The van der Waals surface area contributed by atoms with Gasteiger partial charge in [-0.3, -0.25) is 14.8 Å². The molecule has 7 heteroatoms. The molecule has 1 aromatic carbocycles. The highest BCUT2D eigenvalue weighted by atomic mass is 32.1. The molecule has 2 N–H and O–H groups in total. The van der Waals surface area contributed by atoms with Crippen LogP contribution in [0.3, 0.4) is 0 Å². The molecule has 1 heterocycles. The molecule has 6 nitrogen and oxygen atoms in total. The topological polar surface area (TPSA) is 91.7 Å². The van der Waals surface area contributed by atoms with Crippen molar-refractivity contribution in [2.45, 2.75) is 32.4 Å². The number of amides is 1. The van der Waals surface area contributed by atoms with E-state index in [1.807, 2.05) is 39.0 Å². The van der Waals surface area contributed by atoms with Crippen LogP contribution < -0.4 is 5.32 Å². The summed E-state index contributed by atoms with van der Waals surface area (Å²) in [4.78, 5) is 31.8. The number of carboxylic acid groups (broad SMARTS) is 1. The Morgan fingerprint density at radius 3 is 2.64 bits per heavy atom. The summed E-state index contributed by atoms with van der Waals surface area (Å²) in [6.45, 7) is 6.03. The number of hydrogen-bond acceptors (Lipinski definition) is 5. The number of pyridine rings is 1. The molecule has 2 aromatic rings. The third-order valence-electron chi connectivity index (χ3n) is 3.37. The number of thiol groups is 1. The van der Waals surface area contributed by atoms with Gasteiger partial charge in [-0.1, -0.05) is 12.1 Å². The van der Waals surface area contributed by atoms with Crippen molar-refractivity contribution >= 4 is 41.5 Å². The highest BCUT2D eigenvalue weighted by molar-refractivity contribution is 7.80. The van der Waals surface area contributed by atoms with E-state index in [1.54, 1.807) is 18.5 Å². The van der Waals surface area contributed by atoms with Crippen molar-refractivity contribution in [2.75, 3.05) is 5.75 Å². The molecule has 2 rings (SSSR count). The third-order valence-corrected chi connectivity index (χ3v) is 3.73. The molecule has 0 radical (unpaired) electrons. The van der Waals surface area contributed by atoms with Crippen LogP contribution in [0.1, 0.15) is 36.8 Å². The third kappa shape index (κ3) is 5.29. The van der Waals surface area contributed by atoms with Gasteiger partial charge in [-0.25, -0.2) is 4.79 Å². The number of aliphatic imine (C=N–C) groups is 1. The number of aliphatic carboxylic acids is 1. The number of nitrogens with one attached hydrogen (secondary N) is 1. The number of nitrogens with zero attached hydrogens (tertiary/aromatic N) is 2. The Balaban J connectivity index is 2.29. The number of carbonyl (C=O) groups is 2. The summed E-state index contributed by atoms with van der Waals surface area (Å²) >= 11 is 3.93. The normalized spacial score (nSPS) is 13.1. The quantitative estimate of drug-likeness (QED) is 0.565. The number of hydrogen-bond donors (Lipinski definition) is 3. The number of fused-ring (bicyclic) bond motifs is 1. The van der Waals surface area contributed by atoms with E-state index >= 15 is 0 Å². The molecule has 0 bridgehead atoms. The van der Waals surface area contributed by atoms with Crippen molar-refractivity contribution in [2.24, 2.45) is 4.99 Å². The molecule has 0 aliphatic rings. The lowest BCUT2D eigenvalue weighted by Gasteiger charge is -2.12. The first-order valence-corrected chi connectivity index (χ1v) is 8.42. The van der Waals surface area contributed by atoms with Gasteiger partial charge in [0.05, 0.1) is 5.54 Å². The van der Waals surface area contributed by atoms with E-state index in [0.29, 0.717) is 0 Å². The lowest BCUT2D eigenvalue weighted by Crippen LogP contribution is -2.42. The zero-order chi connectivity index (χ0) is 18.6. The van der Waals surface area contributed by atoms with E-state index in [9.17, 15) is 9.59 Å². The van der Waals surface area contributed by atoms with Gasteiger partial charge >= 0.3 is 5.97 Å². The summed E-state index contributed by atoms with van der Waals surface area (Å²) in [5, 5.41) is 13.1. The molecule has 0 fully saturated rings. The summed E-state index contributed by atoms with van der Waals surface area (Å²) in [5.41, 5.74) is 0.904. The summed E-state index contributed by atoms with van der Waals surface area (Å²) in [5.74, 6) is -1.68. The van der Waals surface area contributed by atoms with Crippen LogP contribution in [-0.4, -0.2) is 45.5 Å². The van der Waals surface area contributed by atoms with E-state index in [-0.39, 0.29) is 17.0 Å². The zero-order valence-electron chi connectivity index (χ0n) is 14.4. The maximum absolute atomic E-state index is 12.2. The molecule has 25 heavy (non-hydrogen) atoms. The average Bonchev–Trinajstić information content (AvgIpc) is 2.55. The van der Waals surface area contributed by atoms with Gasteiger partial charge < -0.3 is 10.4 Å². The Kier molecular flexibility index (Phi) is 5.79. The summed E-state index contributed by atoms with van der Waals surface area (Å²) < 4.78 is 0. The second-order valence-electron chi connectivity index (χ2n) is 6.65. The van der Waals surface area contributed by atoms with E-state index < -0.39 is 17.9 Å². The average molecular weight is 359 g/mol. The Labute approximate surface area is 151 Å². The largest absolute Gasteiger partial charge is 0.480 e. The van der Waals surface area contributed by atoms with Crippen LogP contribution in [0.25, 0.3) is 10.8 Å². The first-order valence-electron chi connectivity index (χ1n) is 7.79. The number of carboxylic acids is 1. The standard InChI is InChI=1S/C18H21N3O3S/c1-18(2,3)20-8-11-4-5-12-9-19-14(7-13(12)6-11)16(22)21-15(10-25)17(23)24/h4-9,15,25H,10H2,1-3H3,(H,21,22)(H,23,24)/b20-8-. The smallest absolute Gasteiger partial charge is 0.327 e. The Morgan fingerprint density at radius 1 is 1.32 bits per heavy atom. The lowest BCUT2D eigenvalue weighted by atomic mass is 10.1. The minimum absolute atomic E-state index is 0.00205. The molecular weight excluding hydrogens is 338 g/mol. The van der Waals surface area contributed by atoms with Crippen LogP contribution in [0.2, 0.25) is 0 Å². The first-order chi connectivity index (χ1) is 11.7. The zero-order valence-corrected chi connectivity index (χ0v) is 15.2. The fraction of sp³-hybridized carbons (Fsp3) is 0.333. The van der Waals surface area contributed by atoms with Gasteiger partial charge in [0.15, 0.2) is 0 Å². The Hall–Kier alpha value is -2.41. The summed E-state index contributed by atoms with van der Waals surface area (Å²) in [6.07, 6.45) is 3.38. The minimum atomic E-state index is -1.13. The Morgan fingerprint density at radius 2 is 2.04 bits per heavy atom. The highest BCUT2D eigenvalue weighted by Crippen LogP contribution is 2.16. The predicted molar refractivity (Wildman–Crippen MR) is 102 cm³/mol. The van der Waals surface area contributed by atoms with E-state index in [1.165, 1.54) is 0 Å². The van der Waals surface area contributed by atoms with Crippen molar-refractivity contribution in [1.82, 2.24) is 10.3 Å². The molecule has 0 saturated heterocycles. The van der Waals surface area contributed by atoms with Gasteiger partial charge in [-0.2, -0.15) is 12.6 Å². The maximum Gasteiger partial charge on any atom is 0.327 e. The number of aromatic nitrogens is 1. The lowest BCUT2D eigenvalue weighted by molar-refractivity contribution is -0.138. The van der Waals surface area contributed by atoms with Crippen LogP contribution in [0.5, 0.6) is 0 Å². The summed E-state index contributed by atoms with van der Waals surface area (Å²) in [7, 11) is 0. The molecule has 0 aliphatic carbocycles. The molecule has 1 unspecified atom stereocenters. The molecule has 132 valence electrons. The molecule has 0 saturated carbocycles.